The summed E-state index contributed by atoms with van der Waals surface area (Å²) in [5.41, 5.74) is 1.28. The molecule has 0 saturated heterocycles. The number of fused-ring (bicyclic) bond motifs is 1. The van der Waals surface area contributed by atoms with Crippen LogP contribution in [-0.4, -0.2) is 71.8 Å². The van der Waals surface area contributed by atoms with Crippen LogP contribution in [0.2, 0.25) is 10.0 Å². The number of nitrogens with one attached hydrogen (secondary N) is 1. The van der Waals surface area contributed by atoms with Crippen LogP contribution < -0.4 is 10.1 Å². The van der Waals surface area contributed by atoms with Gasteiger partial charge in [-0.2, -0.15) is 13.2 Å². The van der Waals surface area contributed by atoms with E-state index in [-0.39, 0.29) is 35.6 Å². The van der Waals surface area contributed by atoms with Gasteiger partial charge in [0.2, 0.25) is 5.91 Å². The lowest BCUT2D eigenvalue weighted by molar-refractivity contribution is -0.142. The molecule has 3 rings (SSSR count). The van der Waals surface area contributed by atoms with E-state index in [1.807, 2.05) is 20.0 Å². The Labute approximate surface area is 235 Å². The van der Waals surface area contributed by atoms with Gasteiger partial charge in [0.25, 0.3) is 5.91 Å². The largest absolute Gasteiger partial charge is 0.488 e. The monoisotopic (exact) mass is 589 g/mol. The molecule has 2 aromatic carbocycles. The van der Waals surface area contributed by atoms with Crippen molar-refractivity contribution < 1.29 is 32.6 Å². The van der Waals surface area contributed by atoms with E-state index in [0.717, 1.165) is 5.56 Å². The van der Waals surface area contributed by atoms with E-state index >= 15 is 0 Å². The van der Waals surface area contributed by atoms with E-state index in [1.165, 1.54) is 18.2 Å². The Morgan fingerprint density at radius 2 is 1.95 bits per heavy atom. The lowest BCUT2D eigenvalue weighted by atomic mass is 9.99. The molecule has 0 bridgehead atoms. The highest BCUT2D eigenvalue weighted by molar-refractivity contribution is 6.42. The van der Waals surface area contributed by atoms with Crippen molar-refractivity contribution in [2.75, 3.05) is 32.1 Å². The van der Waals surface area contributed by atoms with Crippen LogP contribution in [-0.2, 0) is 11.3 Å². The maximum absolute atomic E-state index is 13.5. The number of carbonyl (C=O) groups excluding carboxylic acids is 2. The lowest BCUT2D eigenvalue weighted by Gasteiger charge is -2.38. The van der Waals surface area contributed by atoms with Gasteiger partial charge in [-0.15, -0.1) is 0 Å². The fourth-order valence-corrected chi connectivity index (χ4v) is 4.64. The molecule has 0 unspecified atom stereocenters. The van der Waals surface area contributed by atoms with Crippen LogP contribution in [0.3, 0.4) is 0 Å². The third kappa shape index (κ3) is 8.73. The van der Waals surface area contributed by atoms with Gasteiger partial charge < -0.3 is 20.1 Å². The van der Waals surface area contributed by atoms with Crippen molar-refractivity contribution in [2.24, 2.45) is 5.92 Å². The molecule has 2 aromatic rings. The van der Waals surface area contributed by atoms with Gasteiger partial charge in [-0.05, 0) is 49.9 Å². The van der Waals surface area contributed by atoms with Gasteiger partial charge >= 0.3 is 6.18 Å². The highest BCUT2D eigenvalue weighted by Gasteiger charge is 2.34. The fraction of sp³-hybridized carbons (Fsp3) is 0.481. The molecule has 1 aliphatic rings. The zero-order valence-electron chi connectivity index (χ0n) is 21.9. The topological polar surface area (TPSA) is 82.1 Å². The number of benzene rings is 2. The van der Waals surface area contributed by atoms with Gasteiger partial charge in [0.1, 0.15) is 11.9 Å². The van der Waals surface area contributed by atoms with Crippen LogP contribution in [0.15, 0.2) is 36.4 Å². The zero-order chi connectivity index (χ0) is 28.9. The number of alkyl halides is 3. The first kappa shape index (κ1) is 31.0. The van der Waals surface area contributed by atoms with Crippen LogP contribution in [0.5, 0.6) is 5.75 Å². The number of aliphatic hydroxyl groups excluding tert-OH is 1. The number of ether oxygens (including phenoxy) is 1. The van der Waals surface area contributed by atoms with Crippen molar-refractivity contribution >= 4 is 40.7 Å². The molecule has 3 atom stereocenters. The summed E-state index contributed by atoms with van der Waals surface area (Å²) >= 11 is 12.2. The second-order valence-electron chi connectivity index (χ2n) is 9.94. The molecular weight excluding hydrogens is 558 g/mol. The summed E-state index contributed by atoms with van der Waals surface area (Å²) < 4.78 is 43.8. The Balaban J connectivity index is 1.84. The van der Waals surface area contributed by atoms with Gasteiger partial charge in [-0.25, -0.2) is 0 Å². The maximum atomic E-state index is 13.5. The predicted molar refractivity (Wildman–Crippen MR) is 144 cm³/mol. The summed E-state index contributed by atoms with van der Waals surface area (Å²) in [7, 11) is 1.93. The molecule has 1 heterocycles. The summed E-state index contributed by atoms with van der Waals surface area (Å²) in [4.78, 5) is 29.2. The van der Waals surface area contributed by atoms with Gasteiger partial charge in [-0.3, -0.25) is 14.5 Å². The highest BCUT2D eigenvalue weighted by atomic mass is 35.5. The number of aliphatic hydroxyl groups is 1. The first-order valence-electron chi connectivity index (χ1n) is 12.5. The molecule has 0 aliphatic carbocycles. The van der Waals surface area contributed by atoms with Crippen LogP contribution >= 0.6 is 23.2 Å². The summed E-state index contributed by atoms with van der Waals surface area (Å²) in [6.07, 6.45) is -6.79. The molecule has 12 heteroatoms. The van der Waals surface area contributed by atoms with Gasteiger partial charge in [0.15, 0.2) is 0 Å². The van der Waals surface area contributed by atoms with Crippen molar-refractivity contribution in [3.8, 4) is 5.75 Å². The molecule has 39 heavy (non-hydrogen) atoms. The van der Waals surface area contributed by atoms with E-state index in [0.29, 0.717) is 29.7 Å². The molecular formula is C27H32Cl2F3N3O4. The number of nitrogens with zero attached hydrogens (tertiary/aromatic N) is 2. The minimum atomic E-state index is -4.45. The molecule has 214 valence electrons. The molecule has 0 radical (unpaired) electrons. The van der Waals surface area contributed by atoms with Gasteiger partial charge in [0.05, 0.1) is 34.7 Å². The van der Waals surface area contributed by atoms with Crippen molar-refractivity contribution in [2.45, 2.75) is 51.6 Å². The Morgan fingerprint density at radius 3 is 2.59 bits per heavy atom. The fourth-order valence-electron chi connectivity index (χ4n) is 4.32. The summed E-state index contributed by atoms with van der Waals surface area (Å²) in [6.45, 7) is 4.78. The SMILES string of the molecule is C[C@@H]1CN([C@@H](C)CO)C(=O)c2cc(NC(=O)CCC(F)(F)F)ccc2O[C@@H]1CN(C)Cc1ccc(Cl)c(Cl)c1. The average Bonchev–Trinajstić information content (AvgIpc) is 2.86. The van der Waals surface area contributed by atoms with E-state index in [9.17, 15) is 27.9 Å². The summed E-state index contributed by atoms with van der Waals surface area (Å²) in [5, 5.41) is 13.2. The van der Waals surface area contributed by atoms with Crippen molar-refractivity contribution in [1.82, 2.24) is 9.80 Å². The normalized spacial score (nSPS) is 18.7. The molecule has 0 fully saturated rings. The third-order valence-corrected chi connectivity index (χ3v) is 7.25. The average molecular weight is 590 g/mol. The van der Waals surface area contributed by atoms with Gasteiger partial charge in [0, 0.05) is 37.7 Å². The molecule has 0 spiro atoms. The Bertz CT molecular complexity index is 1180. The van der Waals surface area contributed by atoms with Crippen LogP contribution in [0.1, 0.15) is 42.6 Å². The molecule has 1 aliphatic heterocycles. The van der Waals surface area contributed by atoms with E-state index in [1.54, 1.807) is 24.0 Å². The molecule has 0 aromatic heterocycles. The van der Waals surface area contributed by atoms with Crippen LogP contribution in [0.25, 0.3) is 0 Å². The smallest absolute Gasteiger partial charge is 0.389 e. The minimum Gasteiger partial charge on any atom is -0.488 e. The number of hydrogen-bond donors (Lipinski definition) is 2. The quantitative estimate of drug-likeness (QED) is 0.396. The van der Waals surface area contributed by atoms with Crippen molar-refractivity contribution in [3.05, 3.63) is 57.6 Å². The number of halogens is 5. The Morgan fingerprint density at radius 1 is 1.23 bits per heavy atom. The van der Waals surface area contributed by atoms with Gasteiger partial charge in [-0.1, -0.05) is 36.2 Å². The number of hydrogen-bond acceptors (Lipinski definition) is 5. The summed E-state index contributed by atoms with van der Waals surface area (Å²) in [6, 6.07) is 9.33. The predicted octanol–water partition coefficient (Wildman–Crippen LogP) is 5.63. The highest BCUT2D eigenvalue weighted by Crippen LogP contribution is 2.31. The molecule has 2 N–H and O–H groups in total. The number of anilines is 1. The first-order valence-corrected chi connectivity index (χ1v) is 13.2. The van der Waals surface area contributed by atoms with E-state index < -0.39 is 36.9 Å². The van der Waals surface area contributed by atoms with Crippen molar-refractivity contribution in [1.29, 1.82) is 0 Å². The Hall–Kier alpha value is -2.53. The molecule has 0 saturated carbocycles. The lowest BCUT2D eigenvalue weighted by Crippen LogP contribution is -2.49. The van der Waals surface area contributed by atoms with Crippen LogP contribution in [0.4, 0.5) is 18.9 Å². The second-order valence-corrected chi connectivity index (χ2v) is 10.8. The number of carbonyl (C=O) groups is 2. The zero-order valence-corrected chi connectivity index (χ0v) is 23.4. The summed E-state index contributed by atoms with van der Waals surface area (Å²) in [5.74, 6) is -1.06. The molecule has 2 amide bonds. The van der Waals surface area contributed by atoms with Crippen molar-refractivity contribution in [3.63, 3.8) is 0 Å². The van der Waals surface area contributed by atoms with Crippen LogP contribution in [0, 0.1) is 5.92 Å². The number of rotatable bonds is 9. The molecule has 7 nitrogen and oxygen atoms in total. The number of likely N-dealkylation sites (N-methyl/N-ethyl adjacent to an activating group) is 1. The minimum absolute atomic E-state index is 0.117. The third-order valence-electron chi connectivity index (χ3n) is 6.51. The maximum Gasteiger partial charge on any atom is 0.389 e. The second kappa shape index (κ2) is 13.2. The Kier molecular flexibility index (Phi) is 10.5. The van der Waals surface area contributed by atoms with E-state index in [2.05, 4.69) is 10.2 Å². The number of amides is 2. The van der Waals surface area contributed by atoms with E-state index in [4.69, 9.17) is 27.9 Å². The standard InChI is InChI=1S/C27H32Cl2F3N3O4/c1-16-12-35(17(2)15-36)26(38)20-11-19(33-25(37)8-9-27(30,31)32)5-7-23(20)39-24(16)14-34(3)13-18-4-6-21(28)22(29)10-18/h4-7,10-11,16-17,24,36H,8-9,12-15H2,1-3H3,(H,33,37)/t16-,17+,24-/m1/s1. The first-order chi connectivity index (χ1) is 18.3.